The molecule has 2 fully saturated rings. The molecule has 1 aromatic carbocycles. The maximum atomic E-state index is 6.07. The molecule has 1 N–H and O–H groups in total. The van der Waals surface area contributed by atoms with Crippen LogP contribution in [0.25, 0.3) is 0 Å². The molecule has 3 nitrogen and oxygen atoms in total. The molecule has 1 aliphatic carbocycles. The summed E-state index contributed by atoms with van der Waals surface area (Å²) in [5, 5.41) is 3.61. The van der Waals surface area contributed by atoms with Gasteiger partial charge in [-0.05, 0) is 56.2 Å². The molecule has 1 aliphatic heterocycles. The Balaban J connectivity index is 1.72. The van der Waals surface area contributed by atoms with Crippen LogP contribution in [0, 0.1) is 5.92 Å². The summed E-state index contributed by atoms with van der Waals surface area (Å²) in [7, 11) is 1.72. The van der Waals surface area contributed by atoms with E-state index in [0.717, 1.165) is 37.0 Å². The van der Waals surface area contributed by atoms with E-state index in [0.29, 0.717) is 6.04 Å². The van der Waals surface area contributed by atoms with E-state index in [4.69, 9.17) is 9.47 Å². The Bertz CT molecular complexity index is 437. The van der Waals surface area contributed by atoms with Crippen LogP contribution in [0.15, 0.2) is 18.2 Å². The van der Waals surface area contributed by atoms with Crippen molar-refractivity contribution in [2.75, 3.05) is 20.3 Å². The van der Waals surface area contributed by atoms with Crippen molar-refractivity contribution in [2.45, 2.75) is 44.6 Å². The molecule has 0 spiro atoms. The predicted molar refractivity (Wildman–Crippen MR) is 80.6 cm³/mol. The Hall–Kier alpha value is -1.22. The Morgan fingerprint density at radius 3 is 2.80 bits per heavy atom. The lowest BCUT2D eigenvalue weighted by Crippen LogP contribution is -2.35. The summed E-state index contributed by atoms with van der Waals surface area (Å²) in [5.41, 5.74) is 1.28. The molecule has 1 unspecified atom stereocenters. The molecular weight excluding hydrogens is 250 g/mol. The first-order chi connectivity index (χ1) is 9.86. The van der Waals surface area contributed by atoms with Crippen LogP contribution in [0.3, 0.4) is 0 Å². The molecule has 1 atom stereocenters. The zero-order chi connectivity index (χ0) is 13.8. The highest BCUT2D eigenvalue weighted by atomic mass is 16.5. The number of hydrogen-bond donors (Lipinski definition) is 1. The fourth-order valence-corrected chi connectivity index (χ4v) is 2.90. The van der Waals surface area contributed by atoms with Gasteiger partial charge in [-0.3, -0.25) is 0 Å². The monoisotopic (exact) mass is 275 g/mol. The van der Waals surface area contributed by atoms with E-state index in [1.54, 1.807) is 7.11 Å². The van der Waals surface area contributed by atoms with E-state index in [-0.39, 0.29) is 0 Å². The van der Waals surface area contributed by atoms with E-state index in [1.165, 1.54) is 37.7 Å². The second-order valence-corrected chi connectivity index (χ2v) is 6.05. The summed E-state index contributed by atoms with van der Waals surface area (Å²) >= 11 is 0. The molecule has 0 radical (unpaired) electrons. The Labute approximate surface area is 121 Å². The SMILES string of the molecule is COc1cccc(CC2CCCCN2)c1OCC1CC1. The summed E-state index contributed by atoms with van der Waals surface area (Å²) in [5.74, 6) is 2.61. The van der Waals surface area contributed by atoms with Gasteiger partial charge in [-0.1, -0.05) is 18.6 Å². The van der Waals surface area contributed by atoms with Gasteiger partial charge in [0.15, 0.2) is 11.5 Å². The summed E-state index contributed by atoms with van der Waals surface area (Å²) in [4.78, 5) is 0. The van der Waals surface area contributed by atoms with Gasteiger partial charge >= 0.3 is 0 Å². The van der Waals surface area contributed by atoms with E-state index < -0.39 is 0 Å². The van der Waals surface area contributed by atoms with Crippen LogP contribution in [-0.2, 0) is 6.42 Å². The number of benzene rings is 1. The van der Waals surface area contributed by atoms with Crippen molar-refractivity contribution < 1.29 is 9.47 Å². The molecule has 1 aromatic rings. The number of nitrogens with one attached hydrogen (secondary N) is 1. The van der Waals surface area contributed by atoms with Crippen molar-refractivity contribution in [1.82, 2.24) is 5.32 Å². The van der Waals surface area contributed by atoms with Gasteiger partial charge < -0.3 is 14.8 Å². The van der Waals surface area contributed by atoms with Gasteiger partial charge in [0.05, 0.1) is 13.7 Å². The van der Waals surface area contributed by atoms with Crippen molar-refractivity contribution in [2.24, 2.45) is 5.92 Å². The molecule has 3 heteroatoms. The number of hydrogen-bond acceptors (Lipinski definition) is 3. The molecule has 0 bridgehead atoms. The first kappa shape index (κ1) is 13.7. The number of rotatable bonds is 6. The Morgan fingerprint density at radius 2 is 2.10 bits per heavy atom. The van der Waals surface area contributed by atoms with Crippen molar-refractivity contribution in [3.63, 3.8) is 0 Å². The van der Waals surface area contributed by atoms with Crippen LogP contribution in [0.5, 0.6) is 11.5 Å². The minimum Gasteiger partial charge on any atom is -0.493 e. The fraction of sp³-hybridized carbons (Fsp3) is 0.647. The molecule has 0 aromatic heterocycles. The molecule has 2 aliphatic rings. The third-order valence-corrected chi connectivity index (χ3v) is 4.32. The van der Waals surface area contributed by atoms with Crippen LogP contribution in [0.2, 0.25) is 0 Å². The van der Waals surface area contributed by atoms with Crippen LogP contribution >= 0.6 is 0 Å². The predicted octanol–water partition coefficient (Wildman–Crippen LogP) is 3.17. The molecule has 1 saturated carbocycles. The molecular formula is C17H25NO2. The first-order valence-corrected chi connectivity index (χ1v) is 7.89. The van der Waals surface area contributed by atoms with E-state index in [1.807, 2.05) is 6.07 Å². The van der Waals surface area contributed by atoms with Crippen molar-refractivity contribution in [3.05, 3.63) is 23.8 Å². The molecule has 0 amide bonds. The van der Waals surface area contributed by atoms with Crippen LogP contribution in [0.4, 0.5) is 0 Å². The standard InChI is InChI=1S/C17H25NO2/c1-19-16-7-4-5-14(11-15-6-2-3-10-18-15)17(16)20-12-13-8-9-13/h4-5,7,13,15,18H,2-3,6,8-12H2,1H3. The Morgan fingerprint density at radius 1 is 1.20 bits per heavy atom. The normalized spacial score (nSPS) is 22.6. The summed E-state index contributed by atoms with van der Waals surface area (Å²) in [6.07, 6.45) is 7.57. The van der Waals surface area contributed by atoms with Gasteiger partial charge in [0.25, 0.3) is 0 Å². The number of methoxy groups -OCH3 is 1. The van der Waals surface area contributed by atoms with Crippen molar-refractivity contribution >= 4 is 0 Å². The minimum atomic E-state index is 0.583. The molecule has 110 valence electrons. The zero-order valence-electron chi connectivity index (χ0n) is 12.4. The second kappa shape index (κ2) is 6.49. The third-order valence-electron chi connectivity index (χ3n) is 4.32. The lowest BCUT2D eigenvalue weighted by atomic mass is 9.97. The lowest BCUT2D eigenvalue weighted by Gasteiger charge is -2.25. The van der Waals surface area contributed by atoms with E-state index in [9.17, 15) is 0 Å². The highest BCUT2D eigenvalue weighted by Gasteiger charge is 2.24. The lowest BCUT2D eigenvalue weighted by molar-refractivity contribution is 0.275. The van der Waals surface area contributed by atoms with Crippen LogP contribution in [-0.4, -0.2) is 26.3 Å². The van der Waals surface area contributed by atoms with Crippen molar-refractivity contribution in [3.8, 4) is 11.5 Å². The number of para-hydroxylation sites is 1. The fourth-order valence-electron chi connectivity index (χ4n) is 2.90. The molecule has 3 rings (SSSR count). The molecule has 1 heterocycles. The van der Waals surface area contributed by atoms with Gasteiger partial charge in [-0.25, -0.2) is 0 Å². The van der Waals surface area contributed by atoms with Crippen LogP contribution in [0.1, 0.15) is 37.7 Å². The second-order valence-electron chi connectivity index (χ2n) is 6.05. The van der Waals surface area contributed by atoms with Crippen molar-refractivity contribution in [1.29, 1.82) is 0 Å². The summed E-state index contributed by atoms with van der Waals surface area (Å²) in [6, 6.07) is 6.83. The topological polar surface area (TPSA) is 30.5 Å². The van der Waals surface area contributed by atoms with Gasteiger partial charge in [-0.2, -0.15) is 0 Å². The van der Waals surface area contributed by atoms with E-state index >= 15 is 0 Å². The average molecular weight is 275 g/mol. The average Bonchev–Trinajstić information content (AvgIpc) is 3.31. The quantitative estimate of drug-likeness (QED) is 0.865. The third kappa shape index (κ3) is 3.45. The zero-order valence-corrected chi connectivity index (χ0v) is 12.4. The molecule has 20 heavy (non-hydrogen) atoms. The van der Waals surface area contributed by atoms with Gasteiger partial charge in [-0.15, -0.1) is 0 Å². The highest BCUT2D eigenvalue weighted by Crippen LogP contribution is 2.35. The number of piperidine rings is 1. The largest absolute Gasteiger partial charge is 0.493 e. The maximum Gasteiger partial charge on any atom is 0.164 e. The Kier molecular flexibility index (Phi) is 4.46. The summed E-state index contributed by atoms with van der Waals surface area (Å²) < 4.78 is 11.6. The first-order valence-electron chi connectivity index (χ1n) is 7.89. The summed E-state index contributed by atoms with van der Waals surface area (Å²) in [6.45, 7) is 1.98. The minimum absolute atomic E-state index is 0.583. The smallest absolute Gasteiger partial charge is 0.164 e. The van der Waals surface area contributed by atoms with Gasteiger partial charge in [0.1, 0.15) is 0 Å². The number of ether oxygens (including phenoxy) is 2. The van der Waals surface area contributed by atoms with Gasteiger partial charge in [0, 0.05) is 6.04 Å². The van der Waals surface area contributed by atoms with Crippen LogP contribution < -0.4 is 14.8 Å². The van der Waals surface area contributed by atoms with E-state index in [2.05, 4.69) is 17.4 Å². The van der Waals surface area contributed by atoms with Gasteiger partial charge in [0.2, 0.25) is 0 Å². The maximum absolute atomic E-state index is 6.07. The molecule has 1 saturated heterocycles. The highest BCUT2D eigenvalue weighted by molar-refractivity contribution is 5.47.